The van der Waals surface area contributed by atoms with Crippen LogP contribution in [0.25, 0.3) is 45.1 Å². The van der Waals surface area contributed by atoms with Crippen LogP contribution in [-0.2, 0) is 0 Å². The largest absolute Gasteiger partial charge is 0.279 e. The van der Waals surface area contributed by atoms with Crippen LogP contribution in [0.2, 0.25) is 0 Å². The Morgan fingerprint density at radius 3 is 2.55 bits per heavy atom. The summed E-state index contributed by atoms with van der Waals surface area (Å²) in [6, 6.07) is 21.4. The van der Waals surface area contributed by atoms with Crippen molar-refractivity contribution in [3.05, 3.63) is 101 Å². The van der Waals surface area contributed by atoms with Crippen molar-refractivity contribution in [2.75, 3.05) is 0 Å². The van der Waals surface area contributed by atoms with Crippen molar-refractivity contribution in [3.8, 4) is 11.1 Å². The van der Waals surface area contributed by atoms with Crippen LogP contribution in [0.4, 0.5) is 0 Å². The molecule has 138 valence electrons. The number of benzene rings is 2. The highest BCUT2D eigenvalue weighted by Crippen LogP contribution is 2.25. The molecule has 0 saturated heterocycles. The third-order valence-electron chi connectivity index (χ3n) is 4.84. The minimum atomic E-state index is -0.174. The maximum absolute atomic E-state index is 13.2. The standard InChI is InChI=1S/C24H16N4O/c29-24-23-19(5-3-6-21(23)17-10-13-25-14-11-17)16-26-28(24)15-12-20-9-8-18-4-1-2-7-22(18)27-20/h1-16H/b15-12+. The molecule has 5 rings (SSSR count). The van der Waals surface area contributed by atoms with E-state index in [9.17, 15) is 4.79 Å². The van der Waals surface area contributed by atoms with Gasteiger partial charge < -0.3 is 0 Å². The van der Waals surface area contributed by atoms with Crippen LogP contribution in [0.1, 0.15) is 5.69 Å². The first kappa shape index (κ1) is 17.0. The number of fused-ring (bicyclic) bond motifs is 2. The van der Waals surface area contributed by atoms with E-state index >= 15 is 0 Å². The molecule has 5 heteroatoms. The molecule has 0 radical (unpaired) electrons. The summed E-state index contributed by atoms with van der Waals surface area (Å²) in [5, 5.41) is 6.81. The van der Waals surface area contributed by atoms with Crippen molar-refractivity contribution >= 4 is 34.0 Å². The molecule has 5 aromatic rings. The lowest BCUT2D eigenvalue weighted by Crippen LogP contribution is -2.18. The Kier molecular flexibility index (Phi) is 4.18. The summed E-state index contributed by atoms with van der Waals surface area (Å²) in [5.74, 6) is 0. The molecule has 0 N–H and O–H groups in total. The Hall–Kier alpha value is -4.12. The summed E-state index contributed by atoms with van der Waals surface area (Å²) in [4.78, 5) is 21.8. The molecule has 29 heavy (non-hydrogen) atoms. The highest BCUT2D eigenvalue weighted by atomic mass is 16.1. The van der Waals surface area contributed by atoms with E-state index in [1.807, 2.05) is 66.7 Å². The third kappa shape index (κ3) is 3.19. The van der Waals surface area contributed by atoms with Gasteiger partial charge in [0.1, 0.15) is 0 Å². The van der Waals surface area contributed by atoms with E-state index in [0.29, 0.717) is 5.39 Å². The van der Waals surface area contributed by atoms with Crippen molar-refractivity contribution in [1.29, 1.82) is 0 Å². The van der Waals surface area contributed by atoms with Crippen molar-refractivity contribution in [2.45, 2.75) is 0 Å². The van der Waals surface area contributed by atoms with E-state index in [1.165, 1.54) is 4.68 Å². The first-order chi connectivity index (χ1) is 14.3. The van der Waals surface area contributed by atoms with Gasteiger partial charge in [-0.1, -0.05) is 42.5 Å². The molecule has 0 aliphatic heterocycles. The quantitative estimate of drug-likeness (QED) is 0.460. The fourth-order valence-corrected chi connectivity index (χ4v) is 3.41. The SMILES string of the molecule is O=c1c2c(-c3ccncc3)cccc2cnn1/C=C/c1ccc2ccccc2n1. The summed E-state index contributed by atoms with van der Waals surface area (Å²) in [6.07, 6.45) is 8.60. The molecule has 3 heterocycles. The maximum atomic E-state index is 13.2. The molecule has 0 aliphatic carbocycles. The average molecular weight is 376 g/mol. The van der Waals surface area contributed by atoms with E-state index in [0.717, 1.165) is 33.1 Å². The molecule has 0 amide bonds. The van der Waals surface area contributed by atoms with E-state index in [-0.39, 0.29) is 5.56 Å². The van der Waals surface area contributed by atoms with Gasteiger partial charge in [0.25, 0.3) is 5.56 Å². The molecular formula is C24H16N4O. The second-order valence-corrected chi connectivity index (χ2v) is 6.64. The maximum Gasteiger partial charge on any atom is 0.279 e. The molecule has 3 aromatic heterocycles. The number of para-hydroxylation sites is 1. The minimum absolute atomic E-state index is 0.174. The average Bonchev–Trinajstić information content (AvgIpc) is 2.79. The van der Waals surface area contributed by atoms with Gasteiger partial charge in [0, 0.05) is 29.4 Å². The molecule has 0 unspecified atom stereocenters. The highest BCUT2D eigenvalue weighted by molar-refractivity contribution is 5.95. The number of hydrogen-bond acceptors (Lipinski definition) is 4. The summed E-state index contributed by atoms with van der Waals surface area (Å²) in [7, 11) is 0. The summed E-state index contributed by atoms with van der Waals surface area (Å²) in [5.41, 5.74) is 3.31. The van der Waals surface area contributed by atoms with Gasteiger partial charge in [0.2, 0.25) is 0 Å². The van der Waals surface area contributed by atoms with Crippen molar-refractivity contribution in [1.82, 2.24) is 19.7 Å². The van der Waals surface area contributed by atoms with Crippen LogP contribution in [0.15, 0.2) is 90.1 Å². The second kappa shape index (κ2) is 7.13. The second-order valence-electron chi connectivity index (χ2n) is 6.64. The van der Waals surface area contributed by atoms with Crippen molar-refractivity contribution in [3.63, 3.8) is 0 Å². The van der Waals surface area contributed by atoms with Gasteiger partial charge in [-0.25, -0.2) is 9.67 Å². The number of pyridine rings is 2. The molecule has 0 saturated carbocycles. The lowest BCUT2D eigenvalue weighted by molar-refractivity contribution is 0.871. The molecule has 2 aromatic carbocycles. The minimum Gasteiger partial charge on any atom is -0.267 e. The molecule has 0 spiro atoms. The summed E-state index contributed by atoms with van der Waals surface area (Å²) < 4.78 is 1.35. The number of rotatable bonds is 3. The fraction of sp³-hybridized carbons (Fsp3) is 0. The van der Waals surface area contributed by atoms with Gasteiger partial charge in [-0.2, -0.15) is 5.10 Å². The number of nitrogens with zero attached hydrogens (tertiary/aromatic N) is 4. The van der Waals surface area contributed by atoms with Crippen LogP contribution in [0.5, 0.6) is 0 Å². The van der Waals surface area contributed by atoms with Crippen LogP contribution in [0, 0.1) is 0 Å². The predicted octanol–water partition coefficient (Wildman–Crippen LogP) is 4.63. The smallest absolute Gasteiger partial charge is 0.267 e. The molecular weight excluding hydrogens is 360 g/mol. The fourth-order valence-electron chi connectivity index (χ4n) is 3.41. The van der Waals surface area contributed by atoms with E-state index < -0.39 is 0 Å². The lowest BCUT2D eigenvalue weighted by Gasteiger charge is -2.07. The summed E-state index contributed by atoms with van der Waals surface area (Å²) in [6.45, 7) is 0. The molecule has 0 bridgehead atoms. The van der Waals surface area contributed by atoms with Gasteiger partial charge in [-0.15, -0.1) is 0 Å². The van der Waals surface area contributed by atoms with Gasteiger partial charge in [-0.3, -0.25) is 9.78 Å². The monoisotopic (exact) mass is 376 g/mol. The van der Waals surface area contributed by atoms with Crippen molar-refractivity contribution in [2.24, 2.45) is 0 Å². The Balaban J connectivity index is 1.61. The van der Waals surface area contributed by atoms with Crippen LogP contribution >= 0.6 is 0 Å². The zero-order valence-corrected chi connectivity index (χ0v) is 15.4. The van der Waals surface area contributed by atoms with E-state index in [1.54, 1.807) is 30.9 Å². The van der Waals surface area contributed by atoms with Gasteiger partial charge in [-0.05, 0) is 41.5 Å². The number of aromatic nitrogens is 4. The zero-order chi connectivity index (χ0) is 19.6. The zero-order valence-electron chi connectivity index (χ0n) is 15.4. The van der Waals surface area contributed by atoms with Crippen LogP contribution in [0.3, 0.4) is 0 Å². The first-order valence-corrected chi connectivity index (χ1v) is 9.24. The Morgan fingerprint density at radius 2 is 1.66 bits per heavy atom. The lowest BCUT2D eigenvalue weighted by atomic mass is 10.0. The Labute approximate surface area is 166 Å². The van der Waals surface area contributed by atoms with Crippen LogP contribution in [-0.4, -0.2) is 19.7 Å². The Morgan fingerprint density at radius 1 is 0.828 bits per heavy atom. The molecule has 0 atom stereocenters. The van der Waals surface area contributed by atoms with Gasteiger partial charge in [0.05, 0.1) is 22.8 Å². The first-order valence-electron chi connectivity index (χ1n) is 9.24. The molecule has 5 nitrogen and oxygen atoms in total. The normalized spacial score (nSPS) is 11.4. The van der Waals surface area contributed by atoms with Crippen molar-refractivity contribution < 1.29 is 0 Å². The van der Waals surface area contributed by atoms with Gasteiger partial charge >= 0.3 is 0 Å². The topological polar surface area (TPSA) is 60.7 Å². The summed E-state index contributed by atoms with van der Waals surface area (Å²) >= 11 is 0. The molecule has 0 fully saturated rings. The highest BCUT2D eigenvalue weighted by Gasteiger charge is 2.09. The van der Waals surface area contributed by atoms with Gasteiger partial charge in [0.15, 0.2) is 0 Å². The third-order valence-corrected chi connectivity index (χ3v) is 4.84. The molecule has 0 aliphatic rings. The number of hydrogen-bond donors (Lipinski definition) is 0. The van der Waals surface area contributed by atoms with E-state index in [4.69, 9.17) is 0 Å². The predicted molar refractivity (Wildman–Crippen MR) is 116 cm³/mol. The van der Waals surface area contributed by atoms with Crippen LogP contribution < -0.4 is 5.56 Å². The van der Waals surface area contributed by atoms with E-state index in [2.05, 4.69) is 15.1 Å². The Bertz CT molecular complexity index is 1420.